The van der Waals surface area contributed by atoms with Crippen molar-refractivity contribution in [1.82, 2.24) is 14.3 Å². The highest BCUT2D eigenvalue weighted by Gasteiger charge is 2.30. The molecule has 0 spiro atoms. The van der Waals surface area contributed by atoms with Crippen molar-refractivity contribution in [3.8, 4) is 0 Å². The second kappa shape index (κ2) is 11.1. The number of aryl methyl sites for hydroxylation is 2. The standard InChI is InChI=1S/C30H31FN4O3S/c1-21(22-7-4-3-5-8-22)17-30(36)35(20-29-32-15-16-34(29)2)25-13-11-23-12-14-28(27(23)19-25)33-39(37,38)26-10-6-9-24(31)18-26/h3-11,13,15-16,18-19,21,28,33H,12,14,17,20H2,1-2H3/t21-,28+/m1/s1. The summed E-state index contributed by atoms with van der Waals surface area (Å²) in [4.78, 5) is 19.8. The van der Waals surface area contributed by atoms with Gasteiger partial charge < -0.3 is 9.47 Å². The zero-order valence-corrected chi connectivity index (χ0v) is 22.7. The second-order valence-electron chi connectivity index (χ2n) is 10.0. The van der Waals surface area contributed by atoms with Crippen molar-refractivity contribution in [2.75, 3.05) is 4.90 Å². The van der Waals surface area contributed by atoms with E-state index in [1.54, 1.807) is 11.1 Å². The van der Waals surface area contributed by atoms with Crippen LogP contribution in [0.15, 0.2) is 90.1 Å². The van der Waals surface area contributed by atoms with E-state index in [1.165, 1.54) is 18.2 Å². The maximum Gasteiger partial charge on any atom is 0.241 e. The summed E-state index contributed by atoms with van der Waals surface area (Å²) in [6, 6.07) is 20.2. The maximum absolute atomic E-state index is 13.7. The van der Waals surface area contributed by atoms with Gasteiger partial charge in [0, 0.05) is 37.6 Å². The van der Waals surface area contributed by atoms with Gasteiger partial charge in [0.2, 0.25) is 15.9 Å². The van der Waals surface area contributed by atoms with Crippen LogP contribution in [0, 0.1) is 5.82 Å². The monoisotopic (exact) mass is 546 g/mol. The van der Waals surface area contributed by atoms with E-state index in [2.05, 4.69) is 9.71 Å². The van der Waals surface area contributed by atoms with E-state index in [9.17, 15) is 17.6 Å². The fourth-order valence-electron chi connectivity index (χ4n) is 5.05. The molecule has 4 aromatic rings. The summed E-state index contributed by atoms with van der Waals surface area (Å²) in [7, 11) is -2.05. The number of carbonyl (C=O) groups excluding carboxylic acids is 1. The molecule has 9 heteroatoms. The molecule has 5 rings (SSSR count). The Morgan fingerprint density at radius 3 is 2.64 bits per heavy atom. The maximum atomic E-state index is 13.7. The van der Waals surface area contributed by atoms with Crippen molar-refractivity contribution >= 4 is 21.6 Å². The van der Waals surface area contributed by atoms with Gasteiger partial charge in [0.15, 0.2) is 0 Å². The van der Waals surface area contributed by atoms with Crippen molar-refractivity contribution in [3.05, 3.63) is 114 Å². The molecule has 2 atom stereocenters. The summed E-state index contributed by atoms with van der Waals surface area (Å²) in [5.74, 6) is 0.0896. The minimum Gasteiger partial charge on any atom is -0.337 e. The number of imidazole rings is 1. The van der Waals surface area contributed by atoms with Gasteiger partial charge in [-0.2, -0.15) is 0 Å². The molecule has 1 N–H and O–H groups in total. The Hall–Kier alpha value is -3.82. The van der Waals surface area contributed by atoms with Crippen LogP contribution in [-0.4, -0.2) is 23.9 Å². The Balaban J connectivity index is 1.44. The molecular formula is C30H31FN4O3S. The third-order valence-electron chi connectivity index (χ3n) is 7.29. The van der Waals surface area contributed by atoms with E-state index < -0.39 is 21.9 Å². The molecule has 0 aliphatic heterocycles. The molecule has 1 aromatic heterocycles. The fraction of sp³-hybridized carbons (Fsp3) is 0.267. The quantitative estimate of drug-likeness (QED) is 0.311. The summed E-state index contributed by atoms with van der Waals surface area (Å²) in [5, 5.41) is 0. The summed E-state index contributed by atoms with van der Waals surface area (Å²) < 4.78 is 44.4. The molecule has 7 nitrogen and oxygen atoms in total. The van der Waals surface area contributed by atoms with Crippen LogP contribution in [0.25, 0.3) is 0 Å². The zero-order valence-electron chi connectivity index (χ0n) is 21.9. The number of carbonyl (C=O) groups is 1. The van der Waals surface area contributed by atoms with Gasteiger partial charge in [-0.05, 0) is 65.8 Å². The van der Waals surface area contributed by atoms with Gasteiger partial charge in [-0.1, -0.05) is 49.4 Å². The number of benzene rings is 3. The number of sulfonamides is 1. The lowest BCUT2D eigenvalue weighted by molar-refractivity contribution is -0.119. The minimum absolute atomic E-state index is 0.0165. The van der Waals surface area contributed by atoms with Crippen molar-refractivity contribution in [1.29, 1.82) is 0 Å². The summed E-state index contributed by atoms with van der Waals surface area (Å²) in [6.07, 6.45) is 5.12. The lowest BCUT2D eigenvalue weighted by Gasteiger charge is -2.26. The molecule has 0 saturated carbocycles. The van der Waals surface area contributed by atoms with Crippen LogP contribution >= 0.6 is 0 Å². The summed E-state index contributed by atoms with van der Waals surface area (Å²) in [6.45, 7) is 2.31. The van der Waals surface area contributed by atoms with Gasteiger partial charge in [-0.25, -0.2) is 22.5 Å². The number of rotatable bonds is 9. The first-order chi connectivity index (χ1) is 18.7. The molecule has 0 radical (unpaired) electrons. The first-order valence-electron chi connectivity index (χ1n) is 12.9. The van der Waals surface area contributed by atoms with E-state index in [0.29, 0.717) is 24.9 Å². The van der Waals surface area contributed by atoms with Gasteiger partial charge in [-0.15, -0.1) is 0 Å². The van der Waals surface area contributed by atoms with Gasteiger partial charge in [0.05, 0.1) is 11.4 Å². The molecule has 1 amide bonds. The molecule has 3 aromatic carbocycles. The Labute approximate surface area is 228 Å². The number of nitrogens with zero attached hydrogens (tertiary/aromatic N) is 3. The van der Waals surface area contributed by atoms with Crippen molar-refractivity contribution < 1.29 is 17.6 Å². The Kier molecular flexibility index (Phi) is 7.63. The number of aromatic nitrogens is 2. The summed E-state index contributed by atoms with van der Waals surface area (Å²) >= 11 is 0. The highest BCUT2D eigenvalue weighted by Crippen LogP contribution is 2.36. The average molecular weight is 547 g/mol. The lowest BCUT2D eigenvalue weighted by Crippen LogP contribution is -2.32. The number of nitrogens with one attached hydrogen (secondary N) is 1. The third kappa shape index (κ3) is 5.94. The molecular weight excluding hydrogens is 515 g/mol. The van der Waals surface area contributed by atoms with Crippen molar-refractivity contribution in [3.63, 3.8) is 0 Å². The molecule has 39 heavy (non-hydrogen) atoms. The van der Waals surface area contributed by atoms with Gasteiger partial charge in [0.1, 0.15) is 11.6 Å². The number of halogens is 1. The van der Waals surface area contributed by atoms with Gasteiger partial charge in [0.25, 0.3) is 0 Å². The van der Waals surface area contributed by atoms with Crippen LogP contribution in [0.4, 0.5) is 10.1 Å². The predicted octanol–water partition coefficient (Wildman–Crippen LogP) is 5.25. The minimum atomic E-state index is -3.94. The first kappa shape index (κ1) is 26.8. The average Bonchev–Trinajstić information content (AvgIpc) is 3.52. The van der Waals surface area contributed by atoms with Crippen LogP contribution in [0.5, 0.6) is 0 Å². The Morgan fingerprint density at radius 1 is 1.13 bits per heavy atom. The normalized spacial score (nSPS) is 15.6. The molecule has 1 heterocycles. The van der Waals surface area contributed by atoms with Crippen LogP contribution < -0.4 is 9.62 Å². The van der Waals surface area contributed by atoms with Crippen molar-refractivity contribution in [2.45, 2.75) is 49.6 Å². The number of hydrogen-bond acceptors (Lipinski definition) is 4. The zero-order chi connectivity index (χ0) is 27.6. The lowest BCUT2D eigenvalue weighted by atomic mass is 9.97. The van der Waals surface area contributed by atoms with Gasteiger partial charge >= 0.3 is 0 Å². The first-order valence-corrected chi connectivity index (χ1v) is 14.4. The van der Waals surface area contributed by atoms with Crippen molar-refractivity contribution in [2.24, 2.45) is 7.05 Å². The topological polar surface area (TPSA) is 84.3 Å². The SMILES string of the molecule is C[C@H](CC(=O)N(Cc1nccn1C)c1ccc2c(c1)[C@@H](NS(=O)(=O)c1cccc(F)c1)CC2)c1ccccc1. The smallest absolute Gasteiger partial charge is 0.241 e. The summed E-state index contributed by atoms with van der Waals surface area (Å²) in [5.41, 5.74) is 3.61. The highest BCUT2D eigenvalue weighted by molar-refractivity contribution is 7.89. The number of amides is 1. The van der Waals surface area contributed by atoms with E-state index in [1.807, 2.05) is 73.3 Å². The highest BCUT2D eigenvalue weighted by atomic mass is 32.2. The van der Waals surface area contributed by atoms with E-state index in [0.717, 1.165) is 28.6 Å². The largest absolute Gasteiger partial charge is 0.337 e. The van der Waals surface area contributed by atoms with E-state index in [4.69, 9.17) is 0 Å². The van der Waals surface area contributed by atoms with E-state index in [-0.39, 0.29) is 23.3 Å². The predicted molar refractivity (Wildman–Crippen MR) is 148 cm³/mol. The van der Waals surface area contributed by atoms with E-state index >= 15 is 0 Å². The molecule has 0 unspecified atom stereocenters. The molecule has 1 aliphatic carbocycles. The van der Waals surface area contributed by atoms with Crippen LogP contribution in [-0.2, 0) is 34.8 Å². The van der Waals surface area contributed by atoms with Crippen LogP contribution in [0.3, 0.4) is 0 Å². The van der Waals surface area contributed by atoms with Gasteiger partial charge in [-0.3, -0.25) is 4.79 Å². The Bertz CT molecular complexity index is 1590. The molecule has 0 saturated heterocycles. The second-order valence-corrected chi connectivity index (χ2v) is 11.7. The molecule has 1 aliphatic rings. The fourth-order valence-corrected chi connectivity index (χ4v) is 6.34. The molecule has 202 valence electrons. The van der Waals surface area contributed by atoms with Crippen LogP contribution in [0.1, 0.15) is 54.2 Å². The number of hydrogen-bond donors (Lipinski definition) is 1. The third-order valence-corrected chi connectivity index (χ3v) is 8.76. The number of anilines is 1. The Morgan fingerprint density at radius 2 is 1.92 bits per heavy atom. The number of fused-ring (bicyclic) bond motifs is 1. The molecule has 0 fully saturated rings. The van der Waals surface area contributed by atoms with Crippen LogP contribution in [0.2, 0.25) is 0 Å². The molecule has 0 bridgehead atoms.